The van der Waals surface area contributed by atoms with Gasteiger partial charge in [0.2, 0.25) is 0 Å². The number of anilines is 2. The molecular formula is C30H32ClF6N7. The molecule has 0 bridgehead atoms. The molecule has 1 aliphatic rings. The Morgan fingerprint density at radius 2 is 1.57 bits per heavy atom. The number of aryl methyl sites for hydroxylation is 1. The number of hydrogen-bond acceptors (Lipinski definition) is 6. The number of fused-ring (bicyclic) bond motifs is 1. The molecule has 1 fully saturated rings. The third-order valence-corrected chi connectivity index (χ3v) is 8.12. The normalized spacial score (nSPS) is 14.8. The first-order chi connectivity index (χ1) is 20.8. The highest BCUT2D eigenvalue weighted by atomic mass is 35.5. The minimum absolute atomic E-state index is 0.0470. The molecule has 0 saturated heterocycles. The summed E-state index contributed by atoms with van der Waals surface area (Å²) in [6.45, 7) is 3.15. The second kappa shape index (κ2) is 12.8. The molecule has 0 aliphatic heterocycles. The van der Waals surface area contributed by atoms with Crippen LogP contribution in [0.5, 0.6) is 0 Å². The maximum absolute atomic E-state index is 13.7. The van der Waals surface area contributed by atoms with Gasteiger partial charge in [-0.05, 0) is 72.9 Å². The Morgan fingerprint density at radius 1 is 0.886 bits per heavy atom. The van der Waals surface area contributed by atoms with Gasteiger partial charge in [0.1, 0.15) is 5.82 Å². The predicted octanol–water partition coefficient (Wildman–Crippen LogP) is 8.06. The molecule has 0 amide bonds. The molecule has 0 spiro atoms. The maximum atomic E-state index is 13.7. The summed E-state index contributed by atoms with van der Waals surface area (Å²) in [5.74, 6) is 1.20. The lowest BCUT2D eigenvalue weighted by atomic mass is 9.89. The molecule has 0 atom stereocenters. The van der Waals surface area contributed by atoms with Gasteiger partial charge in [-0.2, -0.15) is 31.1 Å². The van der Waals surface area contributed by atoms with Crippen molar-refractivity contribution in [1.29, 1.82) is 0 Å². The fourth-order valence-corrected chi connectivity index (χ4v) is 5.91. The number of alkyl halides is 6. The quantitative estimate of drug-likeness (QED) is 0.173. The van der Waals surface area contributed by atoms with Gasteiger partial charge in [-0.3, -0.25) is 0 Å². The molecule has 4 aromatic rings. The number of tetrazole rings is 1. The SMILES string of the molecule is CCN(CC1CCCCC1)c1nc2cc(Cl)ccc2cc1CN(Cc1cc(C(F)(F)F)cc(C(F)(F)F)c1)c1nnn(C)n1. The molecular weight excluding hydrogens is 608 g/mol. The fourth-order valence-electron chi connectivity index (χ4n) is 5.75. The molecule has 1 aliphatic carbocycles. The highest BCUT2D eigenvalue weighted by Crippen LogP contribution is 2.37. The number of benzene rings is 2. The molecule has 2 aromatic carbocycles. The highest BCUT2D eigenvalue weighted by Gasteiger charge is 2.37. The lowest BCUT2D eigenvalue weighted by Gasteiger charge is -2.32. The summed E-state index contributed by atoms with van der Waals surface area (Å²) in [4.78, 5) is 9.85. The molecule has 0 radical (unpaired) electrons. The minimum Gasteiger partial charge on any atom is -0.356 e. The average Bonchev–Trinajstić information content (AvgIpc) is 3.41. The minimum atomic E-state index is -4.97. The van der Waals surface area contributed by atoms with Crippen molar-refractivity contribution in [2.45, 2.75) is 64.5 Å². The van der Waals surface area contributed by atoms with Crippen LogP contribution in [0.1, 0.15) is 61.3 Å². The second-order valence-corrected chi connectivity index (χ2v) is 11.6. The third kappa shape index (κ3) is 7.54. The van der Waals surface area contributed by atoms with Crippen LogP contribution in [-0.2, 0) is 32.5 Å². The van der Waals surface area contributed by atoms with E-state index in [-0.39, 0.29) is 30.7 Å². The van der Waals surface area contributed by atoms with Crippen molar-refractivity contribution in [3.63, 3.8) is 0 Å². The van der Waals surface area contributed by atoms with Crippen molar-refractivity contribution in [2.75, 3.05) is 22.9 Å². The molecule has 236 valence electrons. The maximum Gasteiger partial charge on any atom is 0.416 e. The van der Waals surface area contributed by atoms with Crippen LogP contribution in [0.2, 0.25) is 5.02 Å². The second-order valence-electron chi connectivity index (χ2n) is 11.2. The number of nitrogens with zero attached hydrogens (tertiary/aromatic N) is 7. The number of rotatable bonds is 9. The van der Waals surface area contributed by atoms with Crippen molar-refractivity contribution < 1.29 is 26.3 Å². The Morgan fingerprint density at radius 3 is 2.16 bits per heavy atom. The Hall–Kier alpha value is -3.61. The third-order valence-electron chi connectivity index (χ3n) is 7.88. The van der Waals surface area contributed by atoms with E-state index in [0.717, 1.165) is 36.9 Å². The molecule has 1 saturated carbocycles. The number of hydrogen-bond donors (Lipinski definition) is 0. The van der Waals surface area contributed by atoms with E-state index in [1.54, 1.807) is 12.1 Å². The summed E-state index contributed by atoms with van der Waals surface area (Å²) < 4.78 is 81.9. The van der Waals surface area contributed by atoms with Crippen LogP contribution in [0.3, 0.4) is 0 Å². The molecule has 0 N–H and O–H groups in total. The van der Waals surface area contributed by atoms with Gasteiger partial charge in [-0.1, -0.05) is 42.0 Å². The van der Waals surface area contributed by atoms with Crippen LogP contribution in [0.4, 0.5) is 38.1 Å². The van der Waals surface area contributed by atoms with Crippen LogP contribution < -0.4 is 9.80 Å². The largest absolute Gasteiger partial charge is 0.416 e. The Kier molecular flexibility index (Phi) is 9.24. The Balaban J connectivity index is 1.58. The zero-order valence-corrected chi connectivity index (χ0v) is 25.0. The average molecular weight is 640 g/mol. The number of pyridine rings is 1. The summed E-state index contributed by atoms with van der Waals surface area (Å²) in [6.07, 6.45) is -4.17. The molecule has 14 heteroatoms. The summed E-state index contributed by atoms with van der Waals surface area (Å²) in [5, 5.41) is 13.4. The van der Waals surface area contributed by atoms with Crippen LogP contribution in [0, 0.1) is 5.92 Å². The highest BCUT2D eigenvalue weighted by molar-refractivity contribution is 6.31. The van der Waals surface area contributed by atoms with Gasteiger partial charge in [0, 0.05) is 42.2 Å². The van der Waals surface area contributed by atoms with Gasteiger partial charge >= 0.3 is 12.4 Å². The van der Waals surface area contributed by atoms with Gasteiger partial charge in [-0.25, -0.2) is 4.98 Å². The number of halogens is 7. The first-order valence-electron chi connectivity index (χ1n) is 14.4. The van der Waals surface area contributed by atoms with Crippen molar-refractivity contribution in [3.05, 3.63) is 69.7 Å². The molecule has 2 aromatic heterocycles. The van der Waals surface area contributed by atoms with E-state index in [2.05, 4.69) is 20.3 Å². The molecule has 44 heavy (non-hydrogen) atoms. The zero-order valence-electron chi connectivity index (χ0n) is 24.3. The van der Waals surface area contributed by atoms with Crippen LogP contribution in [0.25, 0.3) is 10.9 Å². The first-order valence-corrected chi connectivity index (χ1v) is 14.8. The Bertz CT molecular complexity index is 1570. The van der Waals surface area contributed by atoms with Crippen molar-refractivity contribution in [1.82, 2.24) is 25.2 Å². The van der Waals surface area contributed by atoms with E-state index < -0.39 is 23.5 Å². The van der Waals surface area contributed by atoms with Crippen molar-refractivity contribution in [2.24, 2.45) is 13.0 Å². The van der Waals surface area contributed by atoms with E-state index in [4.69, 9.17) is 16.6 Å². The lowest BCUT2D eigenvalue weighted by Crippen LogP contribution is -2.33. The summed E-state index contributed by atoms with van der Waals surface area (Å²) in [6, 6.07) is 8.81. The fraction of sp³-hybridized carbons (Fsp3) is 0.467. The molecule has 5 rings (SSSR count). The zero-order chi connectivity index (χ0) is 31.6. The van der Waals surface area contributed by atoms with Gasteiger partial charge in [-0.15, -0.1) is 5.10 Å². The van der Waals surface area contributed by atoms with Crippen LogP contribution in [-0.4, -0.2) is 38.3 Å². The van der Waals surface area contributed by atoms with Gasteiger partial charge < -0.3 is 9.80 Å². The van der Waals surface area contributed by atoms with Gasteiger partial charge in [0.05, 0.1) is 23.7 Å². The monoisotopic (exact) mass is 639 g/mol. The van der Waals surface area contributed by atoms with Gasteiger partial charge in [0.15, 0.2) is 0 Å². The lowest BCUT2D eigenvalue weighted by molar-refractivity contribution is -0.143. The van der Waals surface area contributed by atoms with E-state index in [1.165, 1.54) is 36.0 Å². The molecule has 2 heterocycles. The van der Waals surface area contributed by atoms with Crippen LogP contribution in [0.15, 0.2) is 42.5 Å². The van der Waals surface area contributed by atoms with E-state index in [0.29, 0.717) is 34.4 Å². The Labute approximate surface area is 255 Å². The van der Waals surface area contributed by atoms with Crippen molar-refractivity contribution >= 4 is 34.3 Å². The molecule has 0 unspecified atom stereocenters. The summed E-state index contributed by atoms with van der Waals surface area (Å²) in [5.41, 5.74) is -1.58. The molecule has 7 nitrogen and oxygen atoms in total. The van der Waals surface area contributed by atoms with Crippen molar-refractivity contribution in [3.8, 4) is 0 Å². The summed E-state index contributed by atoms with van der Waals surface area (Å²) >= 11 is 6.28. The topological polar surface area (TPSA) is 63.0 Å². The van der Waals surface area contributed by atoms with E-state index >= 15 is 0 Å². The predicted molar refractivity (Wildman–Crippen MR) is 156 cm³/mol. The smallest absolute Gasteiger partial charge is 0.356 e. The van der Waals surface area contributed by atoms with Crippen LogP contribution >= 0.6 is 11.6 Å². The summed E-state index contributed by atoms with van der Waals surface area (Å²) in [7, 11) is 1.52. The van der Waals surface area contributed by atoms with E-state index in [1.807, 2.05) is 19.1 Å². The standard InChI is InChI=1S/C30H32ClF6N7/c1-3-43(16-19-7-5-4-6-8-19)27-22(13-21-9-10-25(31)15-26(21)38-27)18-44(28-39-41-42(2)40-28)17-20-11-23(29(32,33)34)14-24(12-20)30(35,36)37/h9-15,19H,3-8,16-18H2,1-2H3. The first kappa shape index (κ1) is 31.8. The number of aromatic nitrogens is 5. The van der Waals surface area contributed by atoms with Gasteiger partial charge in [0.25, 0.3) is 5.95 Å². The van der Waals surface area contributed by atoms with E-state index in [9.17, 15) is 26.3 Å².